The van der Waals surface area contributed by atoms with Crippen LogP contribution in [0.5, 0.6) is 0 Å². The summed E-state index contributed by atoms with van der Waals surface area (Å²) in [6.45, 7) is 4.01. The number of aromatic nitrogens is 1. The van der Waals surface area contributed by atoms with Crippen molar-refractivity contribution >= 4 is 5.91 Å². The Labute approximate surface area is 138 Å². The molecule has 0 atom stereocenters. The number of carbonyl (C=O) groups is 1. The lowest BCUT2D eigenvalue weighted by molar-refractivity contribution is -0.137. The molecule has 2 aromatic rings. The monoisotopic (exact) mass is 340 g/mol. The van der Waals surface area contributed by atoms with E-state index in [4.69, 9.17) is 4.52 Å². The molecule has 24 heavy (non-hydrogen) atoms. The molecule has 0 spiro atoms. The maximum atomic E-state index is 12.5. The van der Waals surface area contributed by atoms with Crippen molar-refractivity contribution in [2.45, 2.75) is 39.3 Å². The Morgan fingerprint density at radius 1 is 1.17 bits per heavy atom. The van der Waals surface area contributed by atoms with Crippen LogP contribution in [0.1, 0.15) is 34.6 Å². The number of nitrogens with zero attached hydrogens (tertiary/aromatic N) is 1. The summed E-state index contributed by atoms with van der Waals surface area (Å²) >= 11 is 0. The summed E-state index contributed by atoms with van der Waals surface area (Å²) in [7, 11) is 0. The molecular formula is C17H19F3N2O2. The number of alkyl halides is 3. The van der Waals surface area contributed by atoms with Crippen LogP contribution in [0.25, 0.3) is 0 Å². The molecule has 7 heteroatoms. The van der Waals surface area contributed by atoms with Gasteiger partial charge in [0, 0.05) is 18.5 Å². The van der Waals surface area contributed by atoms with Gasteiger partial charge in [-0.2, -0.15) is 13.2 Å². The van der Waals surface area contributed by atoms with E-state index in [0.717, 1.165) is 29.0 Å². The highest BCUT2D eigenvalue weighted by Crippen LogP contribution is 2.29. The van der Waals surface area contributed by atoms with Crippen molar-refractivity contribution in [1.82, 2.24) is 10.5 Å². The smallest absolute Gasteiger partial charge is 0.361 e. The molecule has 0 saturated carbocycles. The van der Waals surface area contributed by atoms with Gasteiger partial charge < -0.3 is 9.84 Å². The van der Waals surface area contributed by atoms with Crippen LogP contribution < -0.4 is 5.32 Å². The van der Waals surface area contributed by atoms with Crippen molar-refractivity contribution in [2.24, 2.45) is 0 Å². The third-order valence-corrected chi connectivity index (χ3v) is 3.80. The van der Waals surface area contributed by atoms with Crippen LogP contribution in [0, 0.1) is 13.8 Å². The van der Waals surface area contributed by atoms with Crippen molar-refractivity contribution in [1.29, 1.82) is 0 Å². The fourth-order valence-corrected chi connectivity index (χ4v) is 2.39. The summed E-state index contributed by atoms with van der Waals surface area (Å²) in [6.07, 6.45) is -2.98. The Balaban J connectivity index is 1.74. The fourth-order valence-electron chi connectivity index (χ4n) is 2.39. The quantitative estimate of drug-likeness (QED) is 0.874. The maximum Gasteiger partial charge on any atom is 0.416 e. The van der Waals surface area contributed by atoms with E-state index >= 15 is 0 Å². The highest BCUT2D eigenvalue weighted by molar-refractivity contribution is 5.76. The first kappa shape index (κ1) is 18.0. The molecule has 0 bridgehead atoms. The lowest BCUT2D eigenvalue weighted by Crippen LogP contribution is -2.26. The van der Waals surface area contributed by atoms with Gasteiger partial charge in [0.1, 0.15) is 5.76 Å². The molecule has 1 aromatic heterocycles. The predicted molar refractivity (Wildman–Crippen MR) is 82.5 cm³/mol. The number of aryl methyl sites for hydroxylation is 2. The standard InChI is InChI=1S/C17H19F3N2O2/c1-11-15(12(2)24-22-11)7-8-16(23)21-10-9-13-3-5-14(6-4-13)17(18,19)20/h3-6H,7-10H2,1-2H3,(H,21,23). The first-order valence-corrected chi connectivity index (χ1v) is 7.62. The van der Waals surface area contributed by atoms with E-state index < -0.39 is 11.7 Å². The zero-order valence-electron chi connectivity index (χ0n) is 13.5. The number of benzene rings is 1. The van der Waals surface area contributed by atoms with Crippen LogP contribution in [0.2, 0.25) is 0 Å². The number of rotatable bonds is 6. The zero-order valence-corrected chi connectivity index (χ0v) is 13.5. The molecule has 130 valence electrons. The van der Waals surface area contributed by atoms with E-state index in [9.17, 15) is 18.0 Å². The number of halogens is 3. The lowest BCUT2D eigenvalue weighted by Gasteiger charge is -2.08. The molecule has 1 heterocycles. The summed E-state index contributed by atoms with van der Waals surface area (Å²) in [6, 6.07) is 4.96. The minimum absolute atomic E-state index is 0.109. The number of hydrogen-bond acceptors (Lipinski definition) is 3. The molecule has 0 fully saturated rings. The average molecular weight is 340 g/mol. The third-order valence-electron chi connectivity index (χ3n) is 3.80. The van der Waals surface area contributed by atoms with Gasteiger partial charge in [-0.25, -0.2) is 0 Å². The highest BCUT2D eigenvalue weighted by atomic mass is 19.4. The second kappa shape index (κ2) is 7.51. The number of amides is 1. The molecular weight excluding hydrogens is 321 g/mol. The van der Waals surface area contributed by atoms with Gasteiger partial charge in [-0.3, -0.25) is 4.79 Å². The van der Waals surface area contributed by atoms with E-state index in [1.165, 1.54) is 12.1 Å². The molecule has 0 aliphatic heterocycles. The van der Waals surface area contributed by atoms with Gasteiger partial charge in [0.15, 0.2) is 0 Å². The number of hydrogen-bond donors (Lipinski definition) is 1. The van der Waals surface area contributed by atoms with Gasteiger partial charge in [0.25, 0.3) is 0 Å². The Bertz CT molecular complexity index is 671. The molecule has 1 aromatic carbocycles. The van der Waals surface area contributed by atoms with Crippen molar-refractivity contribution in [3.05, 3.63) is 52.4 Å². The van der Waals surface area contributed by atoms with Crippen molar-refractivity contribution in [3.8, 4) is 0 Å². The van der Waals surface area contributed by atoms with Crippen molar-refractivity contribution < 1.29 is 22.5 Å². The minimum Gasteiger partial charge on any atom is -0.361 e. The summed E-state index contributed by atoms with van der Waals surface area (Å²) in [4.78, 5) is 11.8. The average Bonchev–Trinajstić information content (AvgIpc) is 2.83. The van der Waals surface area contributed by atoms with Crippen LogP contribution in [-0.2, 0) is 23.8 Å². The summed E-state index contributed by atoms with van der Waals surface area (Å²) in [5.74, 6) is 0.604. The van der Waals surface area contributed by atoms with Crippen LogP contribution >= 0.6 is 0 Å². The second-order valence-electron chi connectivity index (χ2n) is 5.60. The van der Waals surface area contributed by atoms with E-state index in [1.54, 1.807) is 6.92 Å². The van der Waals surface area contributed by atoms with Crippen LogP contribution in [0.3, 0.4) is 0 Å². The first-order valence-electron chi connectivity index (χ1n) is 7.62. The van der Waals surface area contributed by atoms with E-state index in [1.807, 2.05) is 6.92 Å². The van der Waals surface area contributed by atoms with Gasteiger partial charge in [0.2, 0.25) is 5.91 Å². The summed E-state index contributed by atoms with van der Waals surface area (Å²) in [5.41, 5.74) is 1.79. The third kappa shape index (κ3) is 4.84. The normalized spacial score (nSPS) is 11.5. The molecule has 1 amide bonds. The van der Waals surface area contributed by atoms with Gasteiger partial charge in [0.05, 0.1) is 11.3 Å². The number of carbonyl (C=O) groups excluding carboxylic acids is 1. The molecule has 0 radical (unpaired) electrons. The maximum absolute atomic E-state index is 12.5. The number of nitrogens with one attached hydrogen (secondary N) is 1. The van der Waals surface area contributed by atoms with Crippen molar-refractivity contribution in [2.75, 3.05) is 6.54 Å². The summed E-state index contributed by atoms with van der Waals surface area (Å²) < 4.78 is 42.4. The SMILES string of the molecule is Cc1noc(C)c1CCC(=O)NCCc1ccc(C(F)(F)F)cc1. The zero-order chi connectivity index (χ0) is 17.7. The Hall–Kier alpha value is -2.31. The van der Waals surface area contributed by atoms with Gasteiger partial charge >= 0.3 is 6.18 Å². The Morgan fingerprint density at radius 2 is 1.83 bits per heavy atom. The van der Waals surface area contributed by atoms with Crippen LogP contribution in [0.4, 0.5) is 13.2 Å². The first-order chi connectivity index (χ1) is 11.3. The van der Waals surface area contributed by atoms with E-state index in [0.29, 0.717) is 31.6 Å². The topological polar surface area (TPSA) is 55.1 Å². The van der Waals surface area contributed by atoms with Crippen LogP contribution in [0.15, 0.2) is 28.8 Å². The molecule has 1 N–H and O–H groups in total. The largest absolute Gasteiger partial charge is 0.416 e. The lowest BCUT2D eigenvalue weighted by atomic mass is 10.1. The van der Waals surface area contributed by atoms with Crippen molar-refractivity contribution in [3.63, 3.8) is 0 Å². The van der Waals surface area contributed by atoms with E-state index in [2.05, 4.69) is 10.5 Å². The molecule has 4 nitrogen and oxygen atoms in total. The minimum atomic E-state index is -4.33. The van der Waals surface area contributed by atoms with Gasteiger partial charge in [-0.15, -0.1) is 0 Å². The Kier molecular flexibility index (Phi) is 5.64. The fraction of sp³-hybridized carbons (Fsp3) is 0.412. The van der Waals surface area contributed by atoms with Crippen LogP contribution in [-0.4, -0.2) is 17.6 Å². The molecule has 0 saturated heterocycles. The molecule has 2 rings (SSSR count). The molecule has 0 aliphatic rings. The summed E-state index contributed by atoms with van der Waals surface area (Å²) in [5, 5.41) is 6.60. The predicted octanol–water partition coefficient (Wildman–Crippen LogP) is 3.60. The van der Waals surface area contributed by atoms with Gasteiger partial charge in [-0.1, -0.05) is 17.3 Å². The Morgan fingerprint density at radius 3 is 2.38 bits per heavy atom. The second-order valence-corrected chi connectivity index (χ2v) is 5.60. The van der Waals surface area contributed by atoms with E-state index in [-0.39, 0.29) is 5.91 Å². The molecule has 0 unspecified atom stereocenters. The molecule has 0 aliphatic carbocycles. The van der Waals surface area contributed by atoms with Gasteiger partial charge in [-0.05, 0) is 44.4 Å². The highest BCUT2D eigenvalue weighted by Gasteiger charge is 2.29.